The van der Waals surface area contributed by atoms with Gasteiger partial charge in [0.2, 0.25) is 5.91 Å². The number of methoxy groups -OCH3 is 1. The first-order valence-electron chi connectivity index (χ1n) is 6.34. The van der Waals surface area contributed by atoms with Crippen LogP contribution in [0.3, 0.4) is 0 Å². The van der Waals surface area contributed by atoms with Crippen LogP contribution in [-0.2, 0) is 23.1 Å². The standard InChI is InChI=1S/C13H24N4O2/c1-11-12(9-17(4)14-11)8-16(3)13(18)10-15(2)6-7-19-5/h9H,6-8,10H2,1-5H3. The number of likely N-dealkylation sites (N-methyl/N-ethyl adjacent to an activating group) is 2. The van der Waals surface area contributed by atoms with Crippen LogP contribution in [0.2, 0.25) is 0 Å². The molecule has 0 spiro atoms. The molecule has 1 aromatic rings. The van der Waals surface area contributed by atoms with Gasteiger partial charge in [-0.05, 0) is 14.0 Å². The lowest BCUT2D eigenvalue weighted by Crippen LogP contribution is -2.37. The number of nitrogens with zero attached hydrogens (tertiary/aromatic N) is 4. The van der Waals surface area contributed by atoms with Crippen LogP contribution in [0, 0.1) is 6.92 Å². The molecule has 0 aliphatic carbocycles. The van der Waals surface area contributed by atoms with Crippen molar-refractivity contribution < 1.29 is 9.53 Å². The number of hydrogen-bond donors (Lipinski definition) is 0. The van der Waals surface area contributed by atoms with Gasteiger partial charge in [-0.15, -0.1) is 0 Å². The summed E-state index contributed by atoms with van der Waals surface area (Å²) in [5, 5.41) is 4.28. The van der Waals surface area contributed by atoms with Crippen molar-refractivity contribution >= 4 is 5.91 Å². The summed E-state index contributed by atoms with van der Waals surface area (Å²) in [5.41, 5.74) is 2.05. The molecule has 6 heteroatoms. The van der Waals surface area contributed by atoms with Crippen molar-refractivity contribution in [3.05, 3.63) is 17.5 Å². The van der Waals surface area contributed by atoms with Crippen molar-refractivity contribution in [2.24, 2.45) is 7.05 Å². The summed E-state index contributed by atoms with van der Waals surface area (Å²) in [6.07, 6.45) is 1.95. The van der Waals surface area contributed by atoms with E-state index < -0.39 is 0 Å². The average molecular weight is 268 g/mol. The molecule has 19 heavy (non-hydrogen) atoms. The molecule has 0 aliphatic heterocycles. The highest BCUT2D eigenvalue weighted by Crippen LogP contribution is 2.07. The normalized spacial score (nSPS) is 11.1. The second-order valence-electron chi connectivity index (χ2n) is 4.89. The third kappa shape index (κ3) is 5.00. The first kappa shape index (κ1) is 15.7. The summed E-state index contributed by atoms with van der Waals surface area (Å²) in [5.74, 6) is 0.0989. The Hall–Kier alpha value is -1.40. The van der Waals surface area contributed by atoms with E-state index in [1.54, 1.807) is 16.7 Å². The fourth-order valence-corrected chi connectivity index (χ4v) is 1.83. The number of amides is 1. The molecule has 1 heterocycles. The van der Waals surface area contributed by atoms with Crippen LogP contribution in [-0.4, -0.2) is 66.4 Å². The largest absolute Gasteiger partial charge is 0.383 e. The summed E-state index contributed by atoms with van der Waals surface area (Å²) in [7, 11) is 7.28. The Morgan fingerprint density at radius 2 is 2.16 bits per heavy atom. The first-order chi connectivity index (χ1) is 8.93. The van der Waals surface area contributed by atoms with Gasteiger partial charge in [0.15, 0.2) is 0 Å². The molecule has 1 aromatic heterocycles. The molecule has 1 rings (SSSR count). The summed E-state index contributed by atoms with van der Waals surface area (Å²) in [6.45, 7) is 4.34. The maximum Gasteiger partial charge on any atom is 0.236 e. The molecular formula is C13H24N4O2. The van der Waals surface area contributed by atoms with Crippen LogP contribution in [0.4, 0.5) is 0 Å². The molecular weight excluding hydrogens is 244 g/mol. The number of ether oxygens (including phenoxy) is 1. The first-order valence-corrected chi connectivity index (χ1v) is 6.34. The van der Waals surface area contributed by atoms with Gasteiger partial charge >= 0.3 is 0 Å². The number of carbonyl (C=O) groups is 1. The third-order valence-electron chi connectivity index (χ3n) is 3.03. The molecule has 0 saturated heterocycles. The topological polar surface area (TPSA) is 50.6 Å². The smallest absolute Gasteiger partial charge is 0.236 e. The molecule has 0 fully saturated rings. The van der Waals surface area contributed by atoms with Crippen molar-refractivity contribution in [2.75, 3.05) is 40.9 Å². The van der Waals surface area contributed by atoms with Crippen molar-refractivity contribution in [2.45, 2.75) is 13.5 Å². The maximum atomic E-state index is 12.1. The van der Waals surface area contributed by atoms with E-state index in [1.807, 2.05) is 39.2 Å². The fourth-order valence-electron chi connectivity index (χ4n) is 1.83. The number of aryl methyl sites for hydroxylation is 2. The van der Waals surface area contributed by atoms with Crippen LogP contribution < -0.4 is 0 Å². The van der Waals surface area contributed by atoms with Crippen molar-refractivity contribution in [1.29, 1.82) is 0 Å². The highest BCUT2D eigenvalue weighted by Gasteiger charge is 2.14. The Morgan fingerprint density at radius 3 is 2.68 bits per heavy atom. The molecule has 1 amide bonds. The van der Waals surface area contributed by atoms with Crippen molar-refractivity contribution in [3.8, 4) is 0 Å². The van der Waals surface area contributed by atoms with Gasteiger partial charge in [0.25, 0.3) is 0 Å². The molecule has 0 bridgehead atoms. The molecule has 0 aliphatic rings. The second kappa shape index (κ2) is 7.25. The predicted molar refractivity (Wildman–Crippen MR) is 73.8 cm³/mol. The molecule has 0 atom stereocenters. The zero-order chi connectivity index (χ0) is 14.4. The highest BCUT2D eigenvalue weighted by atomic mass is 16.5. The number of aromatic nitrogens is 2. The maximum absolute atomic E-state index is 12.1. The van der Waals surface area contributed by atoms with Gasteiger partial charge < -0.3 is 9.64 Å². The van der Waals surface area contributed by atoms with Crippen LogP contribution in [0.1, 0.15) is 11.3 Å². The van der Waals surface area contributed by atoms with Gasteiger partial charge in [-0.25, -0.2) is 0 Å². The molecule has 0 aromatic carbocycles. The molecule has 0 N–H and O–H groups in total. The Labute approximate surface area is 114 Å². The number of hydrogen-bond acceptors (Lipinski definition) is 4. The van der Waals surface area contributed by atoms with E-state index in [2.05, 4.69) is 5.10 Å². The van der Waals surface area contributed by atoms with Gasteiger partial charge in [0, 0.05) is 46.1 Å². The molecule has 108 valence electrons. The van der Waals surface area contributed by atoms with E-state index >= 15 is 0 Å². The molecule has 0 unspecified atom stereocenters. The quantitative estimate of drug-likeness (QED) is 0.712. The Kier molecular flexibility index (Phi) is 5.98. The van der Waals surface area contributed by atoms with Crippen molar-refractivity contribution in [1.82, 2.24) is 19.6 Å². The lowest BCUT2D eigenvalue weighted by Gasteiger charge is -2.21. The van der Waals surface area contributed by atoms with Crippen LogP contribution in [0.15, 0.2) is 6.20 Å². The second-order valence-corrected chi connectivity index (χ2v) is 4.89. The van der Waals surface area contributed by atoms with Gasteiger partial charge in [-0.1, -0.05) is 0 Å². The summed E-state index contributed by atoms with van der Waals surface area (Å²) >= 11 is 0. The lowest BCUT2D eigenvalue weighted by molar-refractivity contribution is -0.131. The monoisotopic (exact) mass is 268 g/mol. The fraction of sp³-hybridized carbons (Fsp3) is 0.692. The average Bonchev–Trinajstić information content (AvgIpc) is 2.65. The van der Waals surface area contributed by atoms with Gasteiger partial charge in [-0.2, -0.15) is 5.10 Å². The van der Waals surface area contributed by atoms with E-state index in [0.29, 0.717) is 19.7 Å². The van der Waals surface area contributed by atoms with E-state index in [9.17, 15) is 4.79 Å². The van der Waals surface area contributed by atoms with E-state index in [1.165, 1.54) is 0 Å². The van der Waals surface area contributed by atoms with Gasteiger partial charge in [0.1, 0.15) is 0 Å². The Balaban J connectivity index is 2.46. The van der Waals surface area contributed by atoms with E-state index in [0.717, 1.165) is 17.8 Å². The third-order valence-corrected chi connectivity index (χ3v) is 3.03. The Morgan fingerprint density at radius 1 is 1.47 bits per heavy atom. The highest BCUT2D eigenvalue weighted by molar-refractivity contribution is 5.77. The van der Waals surface area contributed by atoms with Crippen LogP contribution >= 0.6 is 0 Å². The van der Waals surface area contributed by atoms with Crippen LogP contribution in [0.25, 0.3) is 0 Å². The zero-order valence-corrected chi connectivity index (χ0v) is 12.5. The summed E-state index contributed by atoms with van der Waals surface area (Å²) in [4.78, 5) is 15.7. The lowest BCUT2D eigenvalue weighted by atomic mass is 10.2. The van der Waals surface area contributed by atoms with Crippen LogP contribution in [0.5, 0.6) is 0 Å². The zero-order valence-electron chi connectivity index (χ0n) is 12.5. The molecule has 6 nitrogen and oxygen atoms in total. The minimum atomic E-state index is 0.0989. The minimum Gasteiger partial charge on any atom is -0.383 e. The Bertz CT molecular complexity index is 417. The van der Waals surface area contributed by atoms with E-state index in [-0.39, 0.29) is 5.91 Å². The SMILES string of the molecule is COCCN(C)CC(=O)N(C)Cc1cn(C)nc1C. The summed E-state index contributed by atoms with van der Waals surface area (Å²) in [6, 6.07) is 0. The predicted octanol–water partition coefficient (Wildman–Crippen LogP) is 0.265. The number of carbonyl (C=O) groups excluding carboxylic acids is 1. The van der Waals surface area contributed by atoms with E-state index in [4.69, 9.17) is 4.74 Å². The van der Waals surface area contributed by atoms with Gasteiger partial charge in [0.05, 0.1) is 18.8 Å². The summed E-state index contributed by atoms with van der Waals surface area (Å²) < 4.78 is 6.76. The van der Waals surface area contributed by atoms with Gasteiger partial charge in [-0.3, -0.25) is 14.4 Å². The number of rotatable bonds is 7. The molecule has 0 radical (unpaired) electrons. The minimum absolute atomic E-state index is 0.0989. The van der Waals surface area contributed by atoms with Crippen molar-refractivity contribution in [3.63, 3.8) is 0 Å². The molecule has 0 saturated carbocycles.